The van der Waals surface area contributed by atoms with Crippen LogP contribution in [0.4, 0.5) is 0 Å². The molecule has 5 nitrogen and oxygen atoms in total. The summed E-state index contributed by atoms with van der Waals surface area (Å²) >= 11 is 0. The van der Waals surface area contributed by atoms with E-state index in [0.717, 1.165) is 46.0 Å². The minimum atomic E-state index is -1.59. The van der Waals surface area contributed by atoms with E-state index in [2.05, 4.69) is 295 Å². The fourth-order valence-corrected chi connectivity index (χ4v) is 17.3. The number of aromatic nitrogens is 5. The number of rotatable bonds is 8. The van der Waals surface area contributed by atoms with E-state index in [1.54, 1.807) is 0 Å². The molecule has 12 aromatic rings. The Kier molecular flexibility index (Phi) is 19.0. The first-order chi connectivity index (χ1) is 37.8. The standard InChI is InChI=1S/C26H23N2Si.C22H23N2Si.C22H24NSi2.3Ir/c1-29(2,3)21-14-15-24(27-18-21)19-13-16-26-23(17-19)22-11-7-8-12-25(22)28(26)20-9-5-4-6-10-20;1-5-24-21-9-7-6-8-18(21)19-14-16(10-13-22(19)24)20-12-11-17(15-23-20)25(2,3)4;1-24(2,3)17-11-12-20(23-15-17)16-10-13-22-19(14-16)18-8-6-7-9-21(18)25(22,4)5;;;/h4-12,14-18H,1-3H3;6-9,11-15H,5H2,1-4H3;6-9,11-15H,1-5H3;;;/q3*-1;;;. The predicted molar refractivity (Wildman–Crippen MR) is 350 cm³/mol. The second-order valence-electron chi connectivity index (χ2n) is 24.6. The molecule has 1 aliphatic rings. The Morgan fingerprint density at radius 1 is 0.402 bits per heavy atom. The summed E-state index contributed by atoms with van der Waals surface area (Å²) in [6, 6.07) is 73.4. The minimum absolute atomic E-state index is 0. The van der Waals surface area contributed by atoms with Crippen LogP contribution >= 0.6 is 0 Å². The van der Waals surface area contributed by atoms with Crippen LogP contribution in [-0.4, -0.2) is 56.4 Å². The molecule has 12 heteroatoms. The Labute approximate surface area is 530 Å². The van der Waals surface area contributed by atoms with Crippen LogP contribution in [0, 0.1) is 18.2 Å². The van der Waals surface area contributed by atoms with Gasteiger partial charge in [-0.15, -0.1) is 76.5 Å². The Balaban J connectivity index is 0.000000159. The maximum absolute atomic E-state index is 4.76. The normalized spacial score (nSPS) is 12.5. The molecule has 13 rings (SSSR count). The molecule has 0 aliphatic carbocycles. The van der Waals surface area contributed by atoms with Crippen molar-refractivity contribution in [1.29, 1.82) is 0 Å². The summed E-state index contributed by atoms with van der Waals surface area (Å²) in [7, 11) is -5.55. The molecule has 82 heavy (non-hydrogen) atoms. The summed E-state index contributed by atoms with van der Waals surface area (Å²) < 4.78 is 4.67. The monoisotopic (exact) mass is 1670 g/mol. The summed E-state index contributed by atoms with van der Waals surface area (Å²) in [5, 5.41) is 12.3. The fraction of sp³-hybridized carbons (Fsp3) is 0.186. The van der Waals surface area contributed by atoms with Crippen molar-refractivity contribution >= 4 is 102 Å². The van der Waals surface area contributed by atoms with Crippen molar-refractivity contribution in [3.8, 4) is 50.6 Å². The third-order valence-electron chi connectivity index (χ3n) is 15.9. The van der Waals surface area contributed by atoms with Crippen molar-refractivity contribution in [3.05, 3.63) is 213 Å². The van der Waals surface area contributed by atoms with Gasteiger partial charge in [-0.3, -0.25) is 0 Å². The van der Waals surface area contributed by atoms with Gasteiger partial charge in [0.25, 0.3) is 0 Å². The number of aryl methyl sites for hydroxylation is 1. The maximum atomic E-state index is 4.76. The van der Waals surface area contributed by atoms with Gasteiger partial charge >= 0.3 is 0 Å². The zero-order valence-electron chi connectivity index (χ0n) is 48.9. The van der Waals surface area contributed by atoms with E-state index < -0.39 is 32.3 Å². The predicted octanol–water partition coefficient (Wildman–Crippen LogP) is 15.3. The number of para-hydroxylation sites is 3. The van der Waals surface area contributed by atoms with Crippen LogP contribution in [0.5, 0.6) is 0 Å². The molecule has 421 valence electrons. The van der Waals surface area contributed by atoms with Gasteiger partial charge < -0.3 is 24.1 Å². The fourth-order valence-electron chi connectivity index (χ4n) is 11.2. The SMILES string of the molecule is CCn1c2c[c-]c(-c3ccc([Si](C)(C)C)cn3)cc2c2ccccc21.C[Si](C)(C)c1ccc(-c2[c-]cc3c(c2)-c2ccccc2[Si]3(C)C)nc1.C[Si](C)(C)c1ccc(-c2[c-]cc3c(c2)c2ccccc2n3-c2ccccc2)nc1.[Ir].[Ir].[Ir]. The van der Waals surface area contributed by atoms with E-state index in [-0.39, 0.29) is 60.3 Å². The van der Waals surface area contributed by atoms with Crippen molar-refractivity contribution in [2.75, 3.05) is 0 Å². The van der Waals surface area contributed by atoms with E-state index in [9.17, 15) is 0 Å². The van der Waals surface area contributed by atoms with E-state index in [1.165, 1.54) is 80.7 Å². The average molecular weight is 1670 g/mol. The zero-order chi connectivity index (χ0) is 55.4. The van der Waals surface area contributed by atoms with Crippen LogP contribution in [0.25, 0.3) is 94.2 Å². The summed E-state index contributed by atoms with van der Waals surface area (Å²) in [6.45, 7) is 29.2. The van der Waals surface area contributed by atoms with Crippen molar-refractivity contribution < 1.29 is 60.3 Å². The van der Waals surface area contributed by atoms with Crippen LogP contribution in [0.3, 0.4) is 0 Å². The van der Waals surface area contributed by atoms with Gasteiger partial charge in [0, 0.05) is 102 Å². The van der Waals surface area contributed by atoms with Crippen molar-refractivity contribution in [1.82, 2.24) is 24.1 Å². The third-order valence-corrected chi connectivity index (χ3v) is 25.5. The molecule has 0 spiro atoms. The third kappa shape index (κ3) is 12.3. The average Bonchev–Trinajstić information content (AvgIpc) is 4.06. The molecule has 0 atom stereocenters. The van der Waals surface area contributed by atoms with Gasteiger partial charge in [-0.1, -0.05) is 209 Å². The Morgan fingerprint density at radius 3 is 1.33 bits per heavy atom. The van der Waals surface area contributed by atoms with Crippen molar-refractivity contribution in [3.63, 3.8) is 0 Å². The molecule has 1 aliphatic heterocycles. The minimum Gasteiger partial charge on any atom is -0.381 e. The van der Waals surface area contributed by atoms with Gasteiger partial charge in [-0.05, 0) is 91.2 Å². The Morgan fingerprint density at radius 2 is 0.829 bits per heavy atom. The zero-order valence-corrected chi connectivity index (χ0v) is 60.1. The van der Waals surface area contributed by atoms with Crippen LogP contribution in [0.1, 0.15) is 6.92 Å². The Hall–Kier alpha value is -5.59. The Bertz CT molecular complexity index is 4190. The molecule has 0 fully saturated rings. The molecule has 0 bridgehead atoms. The van der Waals surface area contributed by atoms with Gasteiger partial charge in [0.1, 0.15) is 0 Å². The van der Waals surface area contributed by atoms with E-state index in [4.69, 9.17) is 15.0 Å². The number of benzene rings is 7. The smallest absolute Gasteiger partial charge is 0.0795 e. The van der Waals surface area contributed by atoms with Crippen LogP contribution in [0.2, 0.25) is 72.0 Å². The topological polar surface area (TPSA) is 48.5 Å². The molecule has 0 saturated heterocycles. The maximum Gasteiger partial charge on any atom is 0.0795 e. The summed E-state index contributed by atoms with van der Waals surface area (Å²) in [5.41, 5.74) is 15.1. The first kappa shape index (κ1) is 62.5. The number of fused-ring (bicyclic) bond motifs is 9. The van der Waals surface area contributed by atoms with Crippen LogP contribution < -0.4 is 25.9 Å². The van der Waals surface area contributed by atoms with Crippen LogP contribution in [-0.2, 0) is 66.9 Å². The molecule has 6 heterocycles. The van der Waals surface area contributed by atoms with Gasteiger partial charge in [-0.25, -0.2) is 0 Å². The molecule has 0 unspecified atom stereocenters. The van der Waals surface area contributed by atoms with E-state index in [1.807, 2.05) is 6.20 Å². The summed E-state index contributed by atoms with van der Waals surface area (Å²) in [4.78, 5) is 14.2. The number of pyridine rings is 3. The van der Waals surface area contributed by atoms with Crippen molar-refractivity contribution in [2.45, 2.75) is 85.5 Å². The second-order valence-corrected chi connectivity index (χ2v) is 44.2. The molecule has 5 aromatic heterocycles. The largest absolute Gasteiger partial charge is 0.381 e. The van der Waals surface area contributed by atoms with Gasteiger partial charge in [0.2, 0.25) is 0 Å². The number of hydrogen-bond acceptors (Lipinski definition) is 3. The molecular weight excluding hydrogens is 1600 g/mol. The van der Waals surface area contributed by atoms with Crippen molar-refractivity contribution in [2.24, 2.45) is 0 Å². The summed E-state index contributed by atoms with van der Waals surface area (Å²) in [5.74, 6) is 0. The second kappa shape index (κ2) is 24.9. The summed E-state index contributed by atoms with van der Waals surface area (Å²) in [6.07, 6.45) is 6.16. The van der Waals surface area contributed by atoms with Gasteiger partial charge in [0.15, 0.2) is 0 Å². The number of hydrogen-bond donors (Lipinski definition) is 0. The first-order valence-electron chi connectivity index (χ1n) is 27.8. The molecular formula is C70H70Ir3N5Si4-3. The molecule has 3 radical (unpaired) electrons. The molecule has 0 N–H and O–H groups in total. The number of nitrogens with zero attached hydrogens (tertiary/aromatic N) is 5. The quantitative estimate of drug-likeness (QED) is 0.113. The molecule has 0 saturated carbocycles. The van der Waals surface area contributed by atoms with E-state index in [0.29, 0.717) is 0 Å². The van der Waals surface area contributed by atoms with E-state index >= 15 is 0 Å². The molecule has 0 amide bonds. The van der Waals surface area contributed by atoms with Crippen LogP contribution in [0.15, 0.2) is 195 Å². The molecule has 7 aromatic carbocycles. The van der Waals surface area contributed by atoms with Gasteiger partial charge in [-0.2, -0.15) is 0 Å². The first-order valence-corrected chi connectivity index (χ1v) is 41.3. The van der Waals surface area contributed by atoms with Gasteiger partial charge in [0.05, 0.1) is 32.3 Å².